The first-order valence-electron chi connectivity index (χ1n) is 7.02. The maximum absolute atomic E-state index is 12.3. The molecule has 0 radical (unpaired) electrons. The number of rotatable bonds is 4. The molecule has 2 rings (SSSR count). The van der Waals surface area contributed by atoms with Gasteiger partial charge in [0.25, 0.3) is 5.91 Å². The summed E-state index contributed by atoms with van der Waals surface area (Å²) < 4.78 is 5.14. The molecule has 0 bridgehead atoms. The number of anilines is 1. The third-order valence-electron chi connectivity index (χ3n) is 3.39. The zero-order valence-electron chi connectivity index (χ0n) is 13.1. The van der Waals surface area contributed by atoms with Gasteiger partial charge >= 0.3 is 5.97 Å². The largest absolute Gasteiger partial charge is 0.496 e. The van der Waals surface area contributed by atoms with Crippen molar-refractivity contribution in [2.45, 2.75) is 6.92 Å². The molecule has 6 nitrogen and oxygen atoms in total. The molecule has 0 spiro atoms. The molecule has 0 saturated carbocycles. The van der Waals surface area contributed by atoms with E-state index in [0.29, 0.717) is 22.6 Å². The number of carboxylic acids is 1. The van der Waals surface area contributed by atoms with Gasteiger partial charge in [0.1, 0.15) is 5.75 Å². The number of carboxylic acid groups (broad SMARTS) is 1. The van der Waals surface area contributed by atoms with Gasteiger partial charge in [-0.3, -0.25) is 10.1 Å². The van der Waals surface area contributed by atoms with Crippen molar-refractivity contribution in [1.82, 2.24) is 5.32 Å². The topological polar surface area (TPSA) is 87.7 Å². The molecule has 2 aromatic rings. The van der Waals surface area contributed by atoms with Crippen LogP contribution in [0.2, 0.25) is 0 Å². The Bertz CT molecular complexity index is 805. The summed E-state index contributed by atoms with van der Waals surface area (Å²) in [6, 6.07) is 11.5. The quantitative estimate of drug-likeness (QED) is 0.739. The first kappa shape index (κ1) is 17.4. The number of para-hydroxylation sites is 1. The van der Waals surface area contributed by atoms with Gasteiger partial charge in [-0.25, -0.2) is 4.79 Å². The molecule has 0 aromatic heterocycles. The van der Waals surface area contributed by atoms with Crippen LogP contribution in [0.1, 0.15) is 26.3 Å². The number of aromatic carboxylic acids is 1. The van der Waals surface area contributed by atoms with Crippen LogP contribution in [0, 0.1) is 6.92 Å². The van der Waals surface area contributed by atoms with Crippen LogP contribution < -0.4 is 15.4 Å². The molecule has 0 aliphatic rings. The van der Waals surface area contributed by atoms with Gasteiger partial charge in [0.05, 0.1) is 18.2 Å². The molecule has 1 amide bonds. The lowest BCUT2D eigenvalue weighted by Crippen LogP contribution is -2.34. The highest BCUT2D eigenvalue weighted by atomic mass is 32.1. The van der Waals surface area contributed by atoms with Gasteiger partial charge in [0.2, 0.25) is 0 Å². The first-order chi connectivity index (χ1) is 11.4. The van der Waals surface area contributed by atoms with Gasteiger partial charge in [-0.2, -0.15) is 0 Å². The monoisotopic (exact) mass is 344 g/mol. The van der Waals surface area contributed by atoms with Gasteiger partial charge in [-0.05, 0) is 49.0 Å². The highest BCUT2D eigenvalue weighted by Gasteiger charge is 2.14. The zero-order valence-corrected chi connectivity index (χ0v) is 13.9. The summed E-state index contributed by atoms with van der Waals surface area (Å²) in [6.07, 6.45) is 0. The van der Waals surface area contributed by atoms with E-state index in [4.69, 9.17) is 22.1 Å². The highest BCUT2D eigenvalue weighted by Crippen LogP contribution is 2.19. The SMILES string of the molecule is COc1ccccc1C(=O)NC(=S)Nc1cccc(C(=O)O)c1C. The second kappa shape index (κ2) is 7.56. The van der Waals surface area contributed by atoms with E-state index < -0.39 is 11.9 Å². The number of amides is 1. The standard InChI is InChI=1S/C17H16N2O4S/c1-10-11(16(21)22)7-5-8-13(10)18-17(24)19-15(20)12-6-3-4-9-14(12)23-2/h3-9H,1-2H3,(H,21,22)(H2,18,19,20,24). The van der Waals surface area contributed by atoms with Gasteiger partial charge in [-0.15, -0.1) is 0 Å². The minimum atomic E-state index is -1.03. The number of nitrogens with one attached hydrogen (secondary N) is 2. The first-order valence-corrected chi connectivity index (χ1v) is 7.43. The van der Waals surface area contributed by atoms with Crippen LogP contribution >= 0.6 is 12.2 Å². The fraction of sp³-hybridized carbons (Fsp3) is 0.118. The number of hydrogen-bond donors (Lipinski definition) is 3. The Labute approximate surface area is 144 Å². The van der Waals surface area contributed by atoms with Crippen molar-refractivity contribution in [1.29, 1.82) is 0 Å². The molecule has 0 aliphatic carbocycles. The molecular weight excluding hydrogens is 328 g/mol. The van der Waals surface area contributed by atoms with Gasteiger partial charge in [0, 0.05) is 5.69 Å². The minimum Gasteiger partial charge on any atom is -0.496 e. The molecule has 0 saturated heterocycles. The highest BCUT2D eigenvalue weighted by molar-refractivity contribution is 7.80. The number of ether oxygens (including phenoxy) is 1. The predicted octanol–water partition coefficient (Wildman–Crippen LogP) is 2.83. The second-order valence-corrected chi connectivity index (χ2v) is 5.30. The Morgan fingerprint density at radius 2 is 1.75 bits per heavy atom. The van der Waals surface area contributed by atoms with E-state index in [9.17, 15) is 9.59 Å². The van der Waals surface area contributed by atoms with E-state index >= 15 is 0 Å². The van der Waals surface area contributed by atoms with Crippen molar-refractivity contribution in [3.8, 4) is 5.75 Å². The number of carbonyl (C=O) groups excluding carboxylic acids is 1. The predicted molar refractivity (Wildman–Crippen MR) is 94.8 cm³/mol. The molecule has 0 aliphatic heterocycles. The number of benzene rings is 2. The van der Waals surface area contributed by atoms with Crippen molar-refractivity contribution >= 4 is 34.9 Å². The molecule has 24 heavy (non-hydrogen) atoms. The Hall–Kier alpha value is -2.93. The van der Waals surface area contributed by atoms with E-state index in [-0.39, 0.29) is 10.7 Å². The normalized spacial score (nSPS) is 9.92. The van der Waals surface area contributed by atoms with Gasteiger partial charge < -0.3 is 15.2 Å². The van der Waals surface area contributed by atoms with Crippen LogP contribution in [0.3, 0.4) is 0 Å². The lowest BCUT2D eigenvalue weighted by atomic mass is 10.1. The van der Waals surface area contributed by atoms with Crippen LogP contribution in [0.4, 0.5) is 5.69 Å². The Morgan fingerprint density at radius 3 is 2.42 bits per heavy atom. The molecule has 0 heterocycles. The van der Waals surface area contributed by atoms with Crippen LogP contribution in [0.5, 0.6) is 5.75 Å². The average molecular weight is 344 g/mol. The van der Waals surface area contributed by atoms with Crippen LogP contribution in [-0.4, -0.2) is 29.2 Å². The minimum absolute atomic E-state index is 0.0662. The van der Waals surface area contributed by atoms with Crippen LogP contribution in [-0.2, 0) is 0 Å². The van der Waals surface area contributed by atoms with Crippen molar-refractivity contribution < 1.29 is 19.4 Å². The zero-order chi connectivity index (χ0) is 17.7. The maximum Gasteiger partial charge on any atom is 0.336 e. The molecule has 0 fully saturated rings. The molecule has 124 valence electrons. The smallest absolute Gasteiger partial charge is 0.336 e. The van der Waals surface area contributed by atoms with Crippen molar-refractivity contribution in [2.24, 2.45) is 0 Å². The third-order valence-corrected chi connectivity index (χ3v) is 3.60. The summed E-state index contributed by atoms with van der Waals surface area (Å²) in [5, 5.41) is 14.6. The van der Waals surface area contributed by atoms with E-state index in [1.165, 1.54) is 13.2 Å². The summed E-state index contributed by atoms with van der Waals surface area (Å²) in [7, 11) is 1.48. The molecule has 2 aromatic carbocycles. The Balaban J connectivity index is 2.13. The van der Waals surface area contributed by atoms with Gasteiger partial charge in [0.15, 0.2) is 5.11 Å². The second-order valence-electron chi connectivity index (χ2n) is 4.89. The molecule has 3 N–H and O–H groups in total. The summed E-state index contributed by atoms with van der Waals surface area (Å²) in [6.45, 7) is 1.66. The molecule has 7 heteroatoms. The molecule has 0 unspecified atom stereocenters. The van der Waals surface area contributed by atoms with E-state index in [2.05, 4.69) is 10.6 Å². The third kappa shape index (κ3) is 3.88. The van der Waals surface area contributed by atoms with Crippen molar-refractivity contribution in [2.75, 3.05) is 12.4 Å². The Morgan fingerprint density at radius 1 is 1.08 bits per heavy atom. The van der Waals surface area contributed by atoms with E-state index in [1.807, 2.05) is 0 Å². The molecule has 0 atom stereocenters. The summed E-state index contributed by atoms with van der Waals surface area (Å²) in [4.78, 5) is 23.4. The number of carbonyl (C=O) groups is 2. The van der Waals surface area contributed by atoms with Gasteiger partial charge in [-0.1, -0.05) is 18.2 Å². The Kier molecular flexibility index (Phi) is 5.49. The average Bonchev–Trinajstić information content (AvgIpc) is 2.56. The molecular formula is C17H16N2O4S. The summed E-state index contributed by atoms with van der Waals surface area (Å²) in [5.74, 6) is -1.01. The lowest BCUT2D eigenvalue weighted by Gasteiger charge is -2.14. The fourth-order valence-electron chi connectivity index (χ4n) is 2.16. The van der Waals surface area contributed by atoms with Crippen molar-refractivity contribution in [3.63, 3.8) is 0 Å². The summed E-state index contributed by atoms with van der Waals surface area (Å²) in [5.41, 5.74) is 1.55. The van der Waals surface area contributed by atoms with Crippen LogP contribution in [0.15, 0.2) is 42.5 Å². The maximum atomic E-state index is 12.3. The van der Waals surface area contributed by atoms with Crippen LogP contribution in [0.25, 0.3) is 0 Å². The number of thiocarbonyl (C=S) groups is 1. The fourth-order valence-corrected chi connectivity index (χ4v) is 2.36. The summed E-state index contributed by atoms with van der Waals surface area (Å²) >= 11 is 5.13. The number of hydrogen-bond acceptors (Lipinski definition) is 4. The number of methoxy groups -OCH3 is 1. The van der Waals surface area contributed by atoms with E-state index in [0.717, 1.165) is 0 Å². The van der Waals surface area contributed by atoms with Crippen molar-refractivity contribution in [3.05, 3.63) is 59.2 Å². The van der Waals surface area contributed by atoms with E-state index in [1.54, 1.807) is 43.3 Å². The lowest BCUT2D eigenvalue weighted by molar-refractivity contribution is 0.0696.